The van der Waals surface area contributed by atoms with Crippen LogP contribution in [-0.2, 0) is 9.59 Å². The summed E-state index contributed by atoms with van der Waals surface area (Å²) in [4.78, 5) is 30.2. The zero-order chi connectivity index (χ0) is 21.5. The second kappa shape index (κ2) is 10.1. The Morgan fingerprint density at radius 3 is 2.50 bits per heavy atom. The van der Waals surface area contributed by atoms with Gasteiger partial charge in [-0.2, -0.15) is 0 Å². The van der Waals surface area contributed by atoms with Crippen LogP contribution < -0.4 is 15.0 Å². The Hall–Kier alpha value is -3.13. The molecule has 0 spiro atoms. The van der Waals surface area contributed by atoms with Gasteiger partial charge in [-0.25, -0.2) is 4.39 Å². The number of hydrogen-bond donors (Lipinski definition) is 1. The number of ether oxygens (including phenoxy) is 1. The summed E-state index contributed by atoms with van der Waals surface area (Å²) in [6.45, 7) is 2.44. The van der Waals surface area contributed by atoms with Gasteiger partial charge in [0.2, 0.25) is 11.8 Å². The first-order valence-electron chi connectivity index (χ1n) is 9.86. The maximum Gasteiger partial charge on any atom is 0.238 e. The first kappa shape index (κ1) is 21.6. The number of nitrogens with one attached hydrogen (secondary N) is 1. The molecule has 1 heterocycles. The summed E-state index contributed by atoms with van der Waals surface area (Å²) in [6, 6.07) is 13.8. The summed E-state index contributed by atoms with van der Waals surface area (Å²) in [6.07, 6.45) is 0. The lowest BCUT2D eigenvalue weighted by Gasteiger charge is -2.36. The summed E-state index contributed by atoms with van der Waals surface area (Å²) in [5.74, 6) is 0.160. The number of anilines is 2. The minimum Gasteiger partial charge on any atom is -0.497 e. The van der Waals surface area contributed by atoms with Gasteiger partial charge in [0.25, 0.3) is 0 Å². The summed E-state index contributed by atoms with van der Waals surface area (Å²) >= 11 is 0. The minimum atomic E-state index is -0.251. The number of halogens is 1. The van der Waals surface area contributed by atoms with Crippen LogP contribution in [0.2, 0.25) is 0 Å². The predicted molar refractivity (Wildman–Crippen MR) is 114 cm³/mol. The maximum atomic E-state index is 13.9. The fraction of sp³-hybridized carbons (Fsp3) is 0.364. The van der Waals surface area contributed by atoms with Crippen molar-refractivity contribution in [2.24, 2.45) is 0 Å². The van der Waals surface area contributed by atoms with Gasteiger partial charge in [0, 0.05) is 37.9 Å². The van der Waals surface area contributed by atoms with E-state index in [1.165, 1.54) is 6.07 Å². The number of rotatable bonds is 7. The molecule has 30 heavy (non-hydrogen) atoms. The van der Waals surface area contributed by atoms with Crippen LogP contribution in [0.1, 0.15) is 0 Å². The number of carbonyl (C=O) groups excluding carboxylic acids is 2. The van der Waals surface area contributed by atoms with Gasteiger partial charge < -0.3 is 19.9 Å². The Bertz CT molecular complexity index is 884. The summed E-state index contributed by atoms with van der Waals surface area (Å²) in [7, 11) is 3.30. The highest BCUT2D eigenvalue weighted by Crippen LogP contribution is 2.20. The molecule has 7 nitrogen and oxygen atoms in total. The van der Waals surface area contributed by atoms with Crippen LogP contribution in [0.4, 0.5) is 15.8 Å². The van der Waals surface area contributed by atoms with Crippen molar-refractivity contribution in [2.75, 3.05) is 63.6 Å². The molecule has 0 unspecified atom stereocenters. The highest BCUT2D eigenvalue weighted by atomic mass is 19.1. The number of carbonyl (C=O) groups is 2. The molecule has 0 aliphatic carbocycles. The molecule has 2 amide bonds. The van der Waals surface area contributed by atoms with E-state index in [0.717, 1.165) is 0 Å². The third-order valence-electron chi connectivity index (χ3n) is 5.00. The molecule has 1 aliphatic rings. The molecule has 3 rings (SSSR count). The van der Waals surface area contributed by atoms with Gasteiger partial charge in [-0.3, -0.25) is 14.5 Å². The zero-order valence-corrected chi connectivity index (χ0v) is 17.3. The number of nitrogens with zero attached hydrogens (tertiary/aromatic N) is 3. The van der Waals surface area contributed by atoms with Crippen molar-refractivity contribution < 1.29 is 18.7 Å². The molecule has 1 N–H and O–H groups in total. The number of piperazine rings is 1. The Morgan fingerprint density at radius 1 is 1.07 bits per heavy atom. The fourth-order valence-corrected chi connectivity index (χ4v) is 3.44. The Morgan fingerprint density at radius 2 is 1.80 bits per heavy atom. The van der Waals surface area contributed by atoms with E-state index in [4.69, 9.17) is 4.74 Å². The molecule has 0 bridgehead atoms. The van der Waals surface area contributed by atoms with E-state index >= 15 is 0 Å². The highest BCUT2D eigenvalue weighted by molar-refractivity contribution is 5.92. The molecule has 1 fully saturated rings. The molecule has 0 saturated carbocycles. The monoisotopic (exact) mass is 414 g/mol. The largest absolute Gasteiger partial charge is 0.497 e. The summed E-state index contributed by atoms with van der Waals surface area (Å²) < 4.78 is 19.1. The van der Waals surface area contributed by atoms with Gasteiger partial charge in [0.1, 0.15) is 11.6 Å². The van der Waals surface area contributed by atoms with Gasteiger partial charge >= 0.3 is 0 Å². The van der Waals surface area contributed by atoms with Crippen molar-refractivity contribution in [1.29, 1.82) is 0 Å². The van der Waals surface area contributed by atoms with E-state index in [2.05, 4.69) is 5.32 Å². The van der Waals surface area contributed by atoms with Crippen molar-refractivity contribution in [3.8, 4) is 5.75 Å². The average molecular weight is 414 g/mol. The lowest BCUT2D eigenvalue weighted by molar-refractivity contribution is -0.132. The Kier molecular flexibility index (Phi) is 7.24. The molecule has 8 heteroatoms. The lowest BCUT2D eigenvalue weighted by atomic mass is 10.2. The topological polar surface area (TPSA) is 65.1 Å². The zero-order valence-electron chi connectivity index (χ0n) is 17.3. The Labute approximate surface area is 176 Å². The average Bonchev–Trinajstić information content (AvgIpc) is 2.74. The quantitative estimate of drug-likeness (QED) is 0.751. The molecule has 1 saturated heterocycles. The first-order valence-corrected chi connectivity index (χ1v) is 9.86. The van der Waals surface area contributed by atoms with Gasteiger partial charge in [-0.15, -0.1) is 0 Å². The van der Waals surface area contributed by atoms with Crippen LogP contribution in [0, 0.1) is 5.82 Å². The van der Waals surface area contributed by atoms with Crippen molar-refractivity contribution in [2.45, 2.75) is 0 Å². The van der Waals surface area contributed by atoms with Crippen molar-refractivity contribution in [1.82, 2.24) is 9.80 Å². The number of amides is 2. The van der Waals surface area contributed by atoms with E-state index in [1.54, 1.807) is 60.4 Å². The third kappa shape index (κ3) is 5.70. The maximum absolute atomic E-state index is 13.9. The standard InChI is InChI=1S/C22H27FN4O3/c1-25(15-21(28)24-17-6-5-7-18(14-17)30-2)16-22(29)27-12-10-26(11-13-27)20-9-4-3-8-19(20)23/h3-9,14H,10-13,15-16H2,1-2H3,(H,24,28). The number of hydrogen-bond acceptors (Lipinski definition) is 5. The van der Waals surface area contributed by atoms with Crippen LogP contribution in [0.25, 0.3) is 0 Å². The van der Waals surface area contributed by atoms with Crippen molar-refractivity contribution >= 4 is 23.2 Å². The third-order valence-corrected chi connectivity index (χ3v) is 5.00. The van der Waals surface area contributed by atoms with Crippen LogP contribution in [0.3, 0.4) is 0 Å². The number of benzene rings is 2. The van der Waals surface area contributed by atoms with E-state index < -0.39 is 0 Å². The summed E-state index contributed by atoms with van der Waals surface area (Å²) in [5, 5.41) is 2.80. The van der Waals surface area contributed by atoms with E-state index in [1.807, 2.05) is 11.0 Å². The second-order valence-corrected chi connectivity index (χ2v) is 7.27. The van der Waals surface area contributed by atoms with Crippen LogP contribution in [0.15, 0.2) is 48.5 Å². The fourth-order valence-electron chi connectivity index (χ4n) is 3.44. The SMILES string of the molecule is COc1cccc(NC(=O)CN(C)CC(=O)N2CCN(c3ccccc3F)CC2)c1. The van der Waals surface area contributed by atoms with Gasteiger partial charge in [-0.05, 0) is 31.3 Å². The van der Waals surface area contributed by atoms with Gasteiger partial charge in [0.15, 0.2) is 0 Å². The normalized spacial score (nSPS) is 14.0. The first-order chi connectivity index (χ1) is 14.5. The highest BCUT2D eigenvalue weighted by Gasteiger charge is 2.23. The van der Waals surface area contributed by atoms with Crippen LogP contribution in [-0.4, -0.2) is 75.0 Å². The van der Waals surface area contributed by atoms with E-state index in [9.17, 15) is 14.0 Å². The molecule has 2 aromatic rings. The second-order valence-electron chi connectivity index (χ2n) is 7.27. The van der Waals surface area contributed by atoms with Gasteiger partial charge in [0.05, 0.1) is 25.9 Å². The van der Waals surface area contributed by atoms with Crippen molar-refractivity contribution in [3.63, 3.8) is 0 Å². The van der Waals surface area contributed by atoms with Crippen LogP contribution >= 0.6 is 0 Å². The van der Waals surface area contributed by atoms with Crippen molar-refractivity contribution in [3.05, 3.63) is 54.3 Å². The number of likely N-dealkylation sites (N-methyl/N-ethyl adjacent to an activating group) is 1. The molecule has 2 aromatic carbocycles. The summed E-state index contributed by atoms with van der Waals surface area (Å²) in [5.41, 5.74) is 1.21. The van der Waals surface area contributed by atoms with E-state index in [0.29, 0.717) is 43.3 Å². The minimum absolute atomic E-state index is 0.0418. The molecular weight excluding hydrogens is 387 g/mol. The number of para-hydroxylation sites is 1. The molecule has 0 atom stereocenters. The molecule has 160 valence electrons. The number of methoxy groups -OCH3 is 1. The van der Waals surface area contributed by atoms with E-state index in [-0.39, 0.29) is 30.7 Å². The predicted octanol–water partition coefficient (Wildman–Crippen LogP) is 2.05. The van der Waals surface area contributed by atoms with Gasteiger partial charge in [-0.1, -0.05) is 18.2 Å². The Balaban J connectivity index is 1.44. The molecule has 0 aromatic heterocycles. The molecule has 1 aliphatic heterocycles. The molecule has 0 radical (unpaired) electrons. The smallest absolute Gasteiger partial charge is 0.238 e. The van der Waals surface area contributed by atoms with Crippen LogP contribution in [0.5, 0.6) is 5.75 Å². The lowest BCUT2D eigenvalue weighted by Crippen LogP contribution is -2.51. The molecular formula is C22H27FN4O3.